The van der Waals surface area contributed by atoms with Gasteiger partial charge in [0.05, 0.1) is 5.56 Å². The van der Waals surface area contributed by atoms with Crippen molar-refractivity contribution < 1.29 is 9.18 Å². The molecule has 0 unspecified atom stereocenters. The Kier molecular flexibility index (Phi) is 3.97. The second-order valence-corrected chi connectivity index (χ2v) is 5.74. The molecular formula is C14H9Br2FO. The number of aryl methyl sites for hydroxylation is 1. The van der Waals surface area contributed by atoms with Crippen molar-refractivity contribution in [1.29, 1.82) is 0 Å². The summed E-state index contributed by atoms with van der Waals surface area (Å²) < 4.78 is 15.2. The summed E-state index contributed by atoms with van der Waals surface area (Å²) in [7, 11) is 0. The molecule has 0 radical (unpaired) electrons. The molecule has 0 saturated carbocycles. The summed E-state index contributed by atoms with van der Waals surface area (Å²) in [5.41, 5.74) is 1.40. The summed E-state index contributed by atoms with van der Waals surface area (Å²) in [5.74, 6) is -0.824. The third-order valence-corrected chi connectivity index (χ3v) is 3.60. The van der Waals surface area contributed by atoms with Crippen LogP contribution in [0.4, 0.5) is 4.39 Å². The number of halogens is 3. The molecule has 0 aliphatic rings. The van der Waals surface area contributed by atoms with Crippen LogP contribution in [0.5, 0.6) is 0 Å². The third-order valence-electron chi connectivity index (χ3n) is 2.62. The van der Waals surface area contributed by atoms with E-state index in [1.165, 1.54) is 12.1 Å². The quantitative estimate of drug-likeness (QED) is 0.687. The van der Waals surface area contributed by atoms with Crippen molar-refractivity contribution in [1.82, 2.24) is 0 Å². The number of benzene rings is 2. The molecule has 0 N–H and O–H groups in total. The molecule has 0 aliphatic heterocycles. The van der Waals surface area contributed by atoms with Gasteiger partial charge in [-0.05, 0) is 42.8 Å². The Morgan fingerprint density at radius 2 is 1.56 bits per heavy atom. The van der Waals surface area contributed by atoms with Crippen LogP contribution in [0.25, 0.3) is 0 Å². The molecule has 4 heteroatoms. The molecular weight excluding hydrogens is 363 g/mol. The SMILES string of the molecule is Cc1ccc(Br)cc1C(=O)c1cc(Br)ccc1F. The maximum atomic E-state index is 13.7. The van der Waals surface area contributed by atoms with Crippen LogP contribution in [0.1, 0.15) is 21.5 Å². The predicted molar refractivity (Wildman–Crippen MR) is 76.4 cm³/mol. The topological polar surface area (TPSA) is 17.1 Å². The van der Waals surface area contributed by atoms with E-state index in [9.17, 15) is 9.18 Å². The van der Waals surface area contributed by atoms with Crippen LogP contribution in [0.2, 0.25) is 0 Å². The third kappa shape index (κ3) is 2.70. The molecule has 0 aliphatic carbocycles. The summed E-state index contributed by atoms with van der Waals surface area (Å²) in [6.07, 6.45) is 0. The number of hydrogen-bond acceptors (Lipinski definition) is 1. The molecule has 0 amide bonds. The molecule has 0 spiro atoms. The minimum Gasteiger partial charge on any atom is -0.288 e. The lowest BCUT2D eigenvalue weighted by atomic mass is 9.99. The first-order valence-electron chi connectivity index (χ1n) is 5.25. The lowest BCUT2D eigenvalue weighted by Crippen LogP contribution is -2.06. The second kappa shape index (κ2) is 5.33. The van der Waals surface area contributed by atoms with Gasteiger partial charge in [-0.1, -0.05) is 37.9 Å². The van der Waals surface area contributed by atoms with E-state index >= 15 is 0 Å². The summed E-state index contributed by atoms with van der Waals surface area (Å²) in [4.78, 5) is 12.3. The van der Waals surface area contributed by atoms with E-state index in [1.807, 2.05) is 19.1 Å². The van der Waals surface area contributed by atoms with Crippen LogP contribution in [0.3, 0.4) is 0 Å². The lowest BCUT2D eigenvalue weighted by Gasteiger charge is -2.07. The standard InChI is InChI=1S/C14H9Br2FO/c1-8-2-3-9(15)6-11(8)14(18)12-7-10(16)4-5-13(12)17/h2-7H,1H3. The average Bonchev–Trinajstić information content (AvgIpc) is 2.34. The van der Waals surface area contributed by atoms with Crippen LogP contribution < -0.4 is 0 Å². The zero-order valence-electron chi connectivity index (χ0n) is 9.51. The minimum absolute atomic E-state index is 0.0746. The second-order valence-electron chi connectivity index (χ2n) is 3.91. The van der Waals surface area contributed by atoms with Crippen LogP contribution in [0.15, 0.2) is 45.3 Å². The fraction of sp³-hybridized carbons (Fsp3) is 0.0714. The van der Waals surface area contributed by atoms with Crippen molar-refractivity contribution in [3.05, 3.63) is 67.9 Å². The highest BCUT2D eigenvalue weighted by molar-refractivity contribution is 9.10. The Morgan fingerprint density at radius 3 is 2.22 bits per heavy atom. The van der Waals surface area contributed by atoms with Crippen molar-refractivity contribution in [2.45, 2.75) is 6.92 Å². The van der Waals surface area contributed by atoms with E-state index in [0.29, 0.717) is 10.0 Å². The Balaban J connectivity index is 2.54. The van der Waals surface area contributed by atoms with Gasteiger partial charge in [-0.2, -0.15) is 0 Å². The van der Waals surface area contributed by atoms with Gasteiger partial charge in [-0.25, -0.2) is 4.39 Å². The van der Waals surface area contributed by atoms with Gasteiger partial charge in [-0.3, -0.25) is 4.79 Å². The molecule has 0 heterocycles. The van der Waals surface area contributed by atoms with Crippen LogP contribution in [-0.2, 0) is 0 Å². The van der Waals surface area contributed by atoms with Gasteiger partial charge in [0.25, 0.3) is 0 Å². The van der Waals surface area contributed by atoms with E-state index in [-0.39, 0.29) is 11.3 Å². The van der Waals surface area contributed by atoms with E-state index < -0.39 is 5.82 Å². The normalized spacial score (nSPS) is 10.4. The van der Waals surface area contributed by atoms with Crippen molar-refractivity contribution in [3.8, 4) is 0 Å². The predicted octanol–water partition coefficient (Wildman–Crippen LogP) is 4.89. The lowest BCUT2D eigenvalue weighted by molar-refractivity contribution is 0.103. The molecule has 0 fully saturated rings. The van der Waals surface area contributed by atoms with Crippen molar-refractivity contribution in [3.63, 3.8) is 0 Å². The molecule has 2 rings (SSSR count). The summed E-state index contributed by atoms with van der Waals surface area (Å²) in [5, 5.41) is 0. The minimum atomic E-state index is -0.512. The molecule has 18 heavy (non-hydrogen) atoms. The molecule has 2 aromatic rings. The fourth-order valence-electron chi connectivity index (χ4n) is 1.66. The first-order valence-corrected chi connectivity index (χ1v) is 6.83. The van der Waals surface area contributed by atoms with Crippen molar-refractivity contribution >= 4 is 37.6 Å². The van der Waals surface area contributed by atoms with Gasteiger partial charge in [0.1, 0.15) is 5.82 Å². The number of hydrogen-bond donors (Lipinski definition) is 0. The van der Waals surface area contributed by atoms with Gasteiger partial charge in [0, 0.05) is 14.5 Å². The maximum Gasteiger partial charge on any atom is 0.196 e. The Hall–Kier alpha value is -1.00. The first kappa shape index (κ1) is 13.4. The van der Waals surface area contributed by atoms with E-state index in [4.69, 9.17) is 0 Å². The van der Waals surface area contributed by atoms with Crippen LogP contribution in [0, 0.1) is 12.7 Å². The zero-order chi connectivity index (χ0) is 13.3. The molecule has 0 atom stereocenters. The number of ketones is 1. The molecule has 1 nitrogen and oxygen atoms in total. The monoisotopic (exact) mass is 370 g/mol. The maximum absolute atomic E-state index is 13.7. The smallest absolute Gasteiger partial charge is 0.196 e. The summed E-state index contributed by atoms with van der Waals surface area (Å²) in [6, 6.07) is 9.73. The largest absolute Gasteiger partial charge is 0.288 e. The van der Waals surface area contributed by atoms with Gasteiger partial charge in [-0.15, -0.1) is 0 Å². The number of rotatable bonds is 2. The Morgan fingerprint density at radius 1 is 1.00 bits per heavy atom. The van der Waals surface area contributed by atoms with Crippen LogP contribution >= 0.6 is 31.9 Å². The van der Waals surface area contributed by atoms with E-state index in [2.05, 4.69) is 31.9 Å². The number of carbonyl (C=O) groups is 1. The van der Waals surface area contributed by atoms with Gasteiger partial charge < -0.3 is 0 Å². The summed E-state index contributed by atoms with van der Waals surface area (Å²) in [6.45, 7) is 1.83. The van der Waals surface area contributed by atoms with Crippen molar-refractivity contribution in [2.24, 2.45) is 0 Å². The average molecular weight is 372 g/mol. The Bertz CT molecular complexity index is 570. The highest BCUT2D eigenvalue weighted by Gasteiger charge is 2.16. The van der Waals surface area contributed by atoms with Gasteiger partial charge >= 0.3 is 0 Å². The molecule has 92 valence electrons. The molecule has 0 bridgehead atoms. The van der Waals surface area contributed by atoms with Gasteiger partial charge in [0.15, 0.2) is 5.78 Å². The molecule has 0 saturated heterocycles. The van der Waals surface area contributed by atoms with E-state index in [0.717, 1.165) is 10.0 Å². The molecule has 0 aromatic heterocycles. The summed E-state index contributed by atoms with van der Waals surface area (Å²) >= 11 is 6.56. The Labute approximate surface area is 121 Å². The number of carbonyl (C=O) groups excluding carboxylic acids is 1. The van der Waals surface area contributed by atoms with Gasteiger partial charge in [0.2, 0.25) is 0 Å². The zero-order valence-corrected chi connectivity index (χ0v) is 12.7. The highest BCUT2D eigenvalue weighted by Crippen LogP contribution is 2.22. The first-order chi connectivity index (χ1) is 8.49. The van der Waals surface area contributed by atoms with Crippen molar-refractivity contribution in [2.75, 3.05) is 0 Å². The fourth-order valence-corrected chi connectivity index (χ4v) is 2.38. The van der Waals surface area contributed by atoms with Crippen LogP contribution in [-0.4, -0.2) is 5.78 Å². The highest BCUT2D eigenvalue weighted by atomic mass is 79.9. The molecule has 2 aromatic carbocycles. The van der Waals surface area contributed by atoms with E-state index in [1.54, 1.807) is 12.1 Å².